The quantitative estimate of drug-likeness (QED) is 0.508. The standard InChI is InChI=1S/C13H27ClN2O2S/c1-13(2)5-7-15-8-10-16(11-9-15)19(17,18)12-4-3-6-14/h13H,3-12H2,1-2H3. The van der Waals surface area contributed by atoms with Gasteiger partial charge in [0.05, 0.1) is 5.75 Å². The maximum atomic E-state index is 12.1. The molecule has 0 aromatic rings. The number of sulfonamides is 1. The Morgan fingerprint density at radius 1 is 1.11 bits per heavy atom. The van der Waals surface area contributed by atoms with Gasteiger partial charge in [-0.2, -0.15) is 4.31 Å². The first-order valence-corrected chi connectivity index (χ1v) is 9.36. The molecule has 0 bridgehead atoms. The van der Waals surface area contributed by atoms with Gasteiger partial charge in [0, 0.05) is 32.1 Å². The average molecular weight is 311 g/mol. The van der Waals surface area contributed by atoms with E-state index >= 15 is 0 Å². The number of rotatable bonds is 8. The van der Waals surface area contributed by atoms with E-state index in [4.69, 9.17) is 11.6 Å². The fourth-order valence-corrected chi connectivity index (χ4v) is 3.92. The zero-order chi connectivity index (χ0) is 14.3. The summed E-state index contributed by atoms with van der Waals surface area (Å²) in [6.45, 7) is 8.53. The minimum atomic E-state index is -3.06. The smallest absolute Gasteiger partial charge is 0.214 e. The number of unbranched alkanes of at least 4 members (excludes halogenated alkanes) is 1. The van der Waals surface area contributed by atoms with E-state index in [1.54, 1.807) is 4.31 Å². The molecule has 0 aromatic carbocycles. The van der Waals surface area contributed by atoms with Crippen molar-refractivity contribution >= 4 is 21.6 Å². The van der Waals surface area contributed by atoms with Crippen LogP contribution in [-0.4, -0.2) is 62.0 Å². The van der Waals surface area contributed by atoms with Crippen LogP contribution in [-0.2, 0) is 10.0 Å². The van der Waals surface area contributed by atoms with Crippen molar-refractivity contribution in [2.75, 3.05) is 44.4 Å². The Kier molecular flexibility index (Phi) is 7.65. The lowest BCUT2D eigenvalue weighted by Crippen LogP contribution is -2.49. The summed E-state index contributed by atoms with van der Waals surface area (Å²) in [5.41, 5.74) is 0. The summed E-state index contributed by atoms with van der Waals surface area (Å²) >= 11 is 5.58. The van der Waals surface area contributed by atoms with Crippen molar-refractivity contribution in [1.82, 2.24) is 9.21 Å². The number of hydrogen-bond donors (Lipinski definition) is 0. The van der Waals surface area contributed by atoms with Crippen LogP contribution >= 0.6 is 11.6 Å². The lowest BCUT2D eigenvalue weighted by molar-refractivity contribution is 0.180. The van der Waals surface area contributed by atoms with Gasteiger partial charge in [-0.1, -0.05) is 13.8 Å². The van der Waals surface area contributed by atoms with Gasteiger partial charge in [0.1, 0.15) is 0 Å². The van der Waals surface area contributed by atoms with Gasteiger partial charge in [0.2, 0.25) is 10.0 Å². The lowest BCUT2D eigenvalue weighted by atomic mass is 10.1. The van der Waals surface area contributed by atoms with E-state index < -0.39 is 10.0 Å². The topological polar surface area (TPSA) is 40.6 Å². The molecule has 1 fully saturated rings. The summed E-state index contributed by atoms with van der Waals surface area (Å²) < 4.78 is 25.8. The van der Waals surface area contributed by atoms with Crippen molar-refractivity contribution in [3.05, 3.63) is 0 Å². The van der Waals surface area contributed by atoms with Crippen LogP contribution in [0, 0.1) is 5.92 Å². The molecular weight excluding hydrogens is 284 g/mol. The second-order valence-electron chi connectivity index (χ2n) is 5.64. The highest BCUT2D eigenvalue weighted by atomic mass is 35.5. The van der Waals surface area contributed by atoms with Gasteiger partial charge >= 0.3 is 0 Å². The van der Waals surface area contributed by atoms with Crippen LogP contribution in [0.25, 0.3) is 0 Å². The normalized spacial score (nSPS) is 19.2. The molecule has 0 atom stereocenters. The van der Waals surface area contributed by atoms with Crippen LogP contribution in [0.5, 0.6) is 0 Å². The predicted molar refractivity (Wildman–Crippen MR) is 81.2 cm³/mol. The SMILES string of the molecule is CC(C)CCN1CCN(S(=O)(=O)CCCCCl)CC1. The van der Waals surface area contributed by atoms with Crippen LogP contribution in [0.1, 0.15) is 33.1 Å². The van der Waals surface area contributed by atoms with E-state index in [-0.39, 0.29) is 5.75 Å². The van der Waals surface area contributed by atoms with Crippen molar-refractivity contribution in [1.29, 1.82) is 0 Å². The first-order chi connectivity index (χ1) is 8.95. The highest BCUT2D eigenvalue weighted by Crippen LogP contribution is 2.11. The molecule has 0 amide bonds. The molecule has 0 aliphatic carbocycles. The van der Waals surface area contributed by atoms with E-state index in [9.17, 15) is 8.42 Å². The number of halogens is 1. The van der Waals surface area contributed by atoms with Crippen molar-refractivity contribution in [2.24, 2.45) is 5.92 Å². The second-order valence-corrected chi connectivity index (χ2v) is 8.10. The fraction of sp³-hybridized carbons (Fsp3) is 1.00. The van der Waals surface area contributed by atoms with Gasteiger partial charge in [-0.3, -0.25) is 0 Å². The van der Waals surface area contributed by atoms with E-state index in [2.05, 4.69) is 18.7 Å². The first-order valence-electron chi connectivity index (χ1n) is 7.22. The minimum Gasteiger partial charge on any atom is -0.301 e. The van der Waals surface area contributed by atoms with Crippen molar-refractivity contribution < 1.29 is 8.42 Å². The molecule has 1 rings (SSSR count). The monoisotopic (exact) mass is 310 g/mol. The van der Waals surface area contributed by atoms with E-state index in [0.717, 1.165) is 26.1 Å². The molecule has 0 spiro atoms. The molecule has 0 N–H and O–H groups in total. The number of nitrogens with zero attached hydrogens (tertiary/aromatic N) is 2. The first kappa shape index (κ1) is 17.2. The number of piperazine rings is 1. The van der Waals surface area contributed by atoms with Gasteiger partial charge in [-0.05, 0) is 31.7 Å². The molecule has 114 valence electrons. The summed E-state index contributed by atoms with van der Waals surface area (Å²) in [4.78, 5) is 2.37. The van der Waals surface area contributed by atoms with E-state index in [1.807, 2.05) is 0 Å². The Bertz CT molecular complexity index is 339. The van der Waals surface area contributed by atoms with Crippen molar-refractivity contribution in [3.8, 4) is 0 Å². The Morgan fingerprint density at radius 2 is 1.74 bits per heavy atom. The van der Waals surface area contributed by atoms with E-state index in [0.29, 0.717) is 31.3 Å². The minimum absolute atomic E-state index is 0.242. The van der Waals surface area contributed by atoms with Gasteiger partial charge in [-0.15, -0.1) is 11.6 Å². The largest absolute Gasteiger partial charge is 0.301 e. The van der Waals surface area contributed by atoms with Crippen LogP contribution in [0.4, 0.5) is 0 Å². The highest BCUT2D eigenvalue weighted by Gasteiger charge is 2.26. The van der Waals surface area contributed by atoms with Gasteiger partial charge < -0.3 is 4.90 Å². The van der Waals surface area contributed by atoms with Crippen LogP contribution < -0.4 is 0 Å². The lowest BCUT2D eigenvalue weighted by Gasteiger charge is -2.34. The fourth-order valence-electron chi connectivity index (χ4n) is 2.18. The molecule has 19 heavy (non-hydrogen) atoms. The molecule has 1 aliphatic rings. The second kappa shape index (κ2) is 8.45. The molecule has 6 heteroatoms. The van der Waals surface area contributed by atoms with Gasteiger partial charge in [0.25, 0.3) is 0 Å². The van der Waals surface area contributed by atoms with Crippen molar-refractivity contribution in [2.45, 2.75) is 33.1 Å². The third kappa shape index (κ3) is 6.43. The van der Waals surface area contributed by atoms with Crippen LogP contribution in [0.15, 0.2) is 0 Å². The Hall–Kier alpha value is 0.160. The molecule has 1 aliphatic heterocycles. The van der Waals surface area contributed by atoms with Gasteiger partial charge in [0.15, 0.2) is 0 Å². The summed E-state index contributed by atoms with van der Waals surface area (Å²) in [7, 11) is -3.06. The summed E-state index contributed by atoms with van der Waals surface area (Å²) in [5.74, 6) is 1.49. The number of hydrogen-bond acceptors (Lipinski definition) is 3. The molecular formula is C13H27ClN2O2S. The van der Waals surface area contributed by atoms with Crippen molar-refractivity contribution in [3.63, 3.8) is 0 Å². The van der Waals surface area contributed by atoms with Crippen LogP contribution in [0.2, 0.25) is 0 Å². The van der Waals surface area contributed by atoms with Gasteiger partial charge in [-0.25, -0.2) is 8.42 Å². The highest BCUT2D eigenvalue weighted by molar-refractivity contribution is 7.89. The summed E-state index contributed by atoms with van der Waals surface area (Å²) in [6.07, 6.45) is 2.62. The van der Waals surface area contributed by atoms with E-state index in [1.165, 1.54) is 6.42 Å². The Morgan fingerprint density at radius 3 is 2.26 bits per heavy atom. The third-order valence-corrected chi connectivity index (χ3v) is 5.76. The molecule has 1 saturated heterocycles. The number of alkyl halides is 1. The third-order valence-electron chi connectivity index (χ3n) is 3.53. The zero-order valence-electron chi connectivity index (χ0n) is 12.1. The summed E-state index contributed by atoms with van der Waals surface area (Å²) in [6, 6.07) is 0. The maximum absolute atomic E-state index is 12.1. The molecule has 0 unspecified atom stereocenters. The molecule has 1 heterocycles. The average Bonchev–Trinajstić information content (AvgIpc) is 2.37. The molecule has 0 saturated carbocycles. The Balaban J connectivity index is 2.32. The predicted octanol–water partition coefficient (Wildman–Crippen LogP) is 2.00. The maximum Gasteiger partial charge on any atom is 0.214 e. The Labute approximate surface area is 123 Å². The van der Waals surface area contributed by atoms with Crippen LogP contribution in [0.3, 0.4) is 0 Å². The zero-order valence-corrected chi connectivity index (χ0v) is 13.7. The molecule has 0 radical (unpaired) electrons. The molecule has 4 nitrogen and oxygen atoms in total. The molecule has 0 aromatic heterocycles. The summed E-state index contributed by atoms with van der Waals surface area (Å²) in [5, 5.41) is 0.